The highest BCUT2D eigenvalue weighted by molar-refractivity contribution is 5.85. The number of alkyl halides is 3. The molecule has 12 nitrogen and oxygen atoms in total. The number of likely N-dealkylation sites (tertiary alicyclic amines) is 2. The second kappa shape index (κ2) is 14.6. The number of hydrogen-bond acceptors (Lipinski definition) is 7. The van der Waals surface area contributed by atoms with Crippen LogP contribution in [0.25, 0.3) is 0 Å². The summed E-state index contributed by atoms with van der Waals surface area (Å²) in [6, 6.07) is -1.50. The summed E-state index contributed by atoms with van der Waals surface area (Å²) in [6.07, 6.45) is -2.42. The van der Waals surface area contributed by atoms with Crippen molar-refractivity contribution in [3.05, 3.63) is 0 Å². The van der Waals surface area contributed by atoms with Crippen LogP contribution in [0.3, 0.4) is 0 Å². The Balaban J connectivity index is 0.000000809. The van der Waals surface area contributed by atoms with Gasteiger partial charge in [0, 0.05) is 52.7 Å². The van der Waals surface area contributed by atoms with Crippen molar-refractivity contribution in [2.45, 2.75) is 56.8 Å². The number of carbonyl (C=O) groups is 5. The molecule has 0 aromatic carbocycles. The van der Waals surface area contributed by atoms with Crippen molar-refractivity contribution in [1.82, 2.24) is 14.7 Å². The molecule has 2 atom stereocenters. The Hall–Kier alpha value is -2.94. The predicted molar refractivity (Wildman–Crippen MR) is 116 cm³/mol. The number of carbonyl (C=O) groups excluding carboxylic acids is 2. The molecule has 2 fully saturated rings. The Labute approximate surface area is 205 Å². The van der Waals surface area contributed by atoms with Crippen LogP contribution >= 0.6 is 0 Å². The number of amides is 2. The average Bonchev–Trinajstić information content (AvgIpc) is 3.48. The second-order valence-corrected chi connectivity index (χ2v) is 8.30. The van der Waals surface area contributed by atoms with E-state index in [-0.39, 0.29) is 24.7 Å². The van der Waals surface area contributed by atoms with Gasteiger partial charge < -0.3 is 34.8 Å². The molecule has 36 heavy (non-hydrogen) atoms. The number of hydrogen-bond donors (Lipinski definition) is 3. The van der Waals surface area contributed by atoms with Gasteiger partial charge in [-0.15, -0.1) is 0 Å². The lowest BCUT2D eigenvalue weighted by Crippen LogP contribution is -2.43. The topological polar surface area (TPSA) is 165 Å². The van der Waals surface area contributed by atoms with E-state index in [1.165, 1.54) is 9.80 Å². The molecule has 2 saturated heterocycles. The molecule has 2 rings (SSSR count). The first-order valence-electron chi connectivity index (χ1n) is 11.4. The summed E-state index contributed by atoms with van der Waals surface area (Å²) in [7, 11) is 1.57. The van der Waals surface area contributed by atoms with Gasteiger partial charge in [-0.1, -0.05) is 0 Å². The third-order valence-electron chi connectivity index (χ3n) is 5.85. The second-order valence-electron chi connectivity index (χ2n) is 8.30. The summed E-state index contributed by atoms with van der Waals surface area (Å²) in [5.74, 6) is -5.11. The van der Waals surface area contributed by atoms with E-state index in [0.29, 0.717) is 65.0 Å². The molecule has 206 valence electrons. The number of halogens is 3. The predicted octanol–water partition coefficient (Wildman–Crippen LogP) is 0.500. The van der Waals surface area contributed by atoms with Gasteiger partial charge in [0.15, 0.2) is 0 Å². The number of rotatable bonds is 11. The molecule has 0 spiro atoms. The minimum Gasteiger partial charge on any atom is -0.480 e. The van der Waals surface area contributed by atoms with Crippen LogP contribution in [0, 0.1) is 0 Å². The number of aliphatic carboxylic acids is 3. The molecule has 2 amide bonds. The van der Waals surface area contributed by atoms with Crippen LogP contribution in [0.15, 0.2) is 0 Å². The van der Waals surface area contributed by atoms with Crippen molar-refractivity contribution in [2.24, 2.45) is 0 Å². The number of ether oxygens (including phenoxy) is 1. The molecule has 3 N–H and O–H groups in total. The van der Waals surface area contributed by atoms with Crippen LogP contribution in [-0.2, 0) is 28.7 Å². The zero-order valence-corrected chi connectivity index (χ0v) is 19.9. The van der Waals surface area contributed by atoms with Gasteiger partial charge in [-0.05, 0) is 25.7 Å². The quantitative estimate of drug-likeness (QED) is 0.345. The van der Waals surface area contributed by atoms with Crippen molar-refractivity contribution in [1.29, 1.82) is 0 Å². The van der Waals surface area contributed by atoms with Crippen molar-refractivity contribution in [3.8, 4) is 0 Å². The highest BCUT2D eigenvalue weighted by Gasteiger charge is 2.38. The first-order chi connectivity index (χ1) is 16.8. The Bertz CT molecular complexity index is 746. The number of methoxy groups -OCH3 is 1. The first kappa shape index (κ1) is 31.1. The van der Waals surface area contributed by atoms with Crippen LogP contribution in [0.5, 0.6) is 0 Å². The van der Waals surface area contributed by atoms with Gasteiger partial charge in [-0.25, -0.2) is 14.4 Å². The smallest absolute Gasteiger partial charge is 0.480 e. The maximum absolute atomic E-state index is 12.5. The first-order valence-corrected chi connectivity index (χ1v) is 11.4. The summed E-state index contributed by atoms with van der Waals surface area (Å²) in [5.41, 5.74) is 0. The summed E-state index contributed by atoms with van der Waals surface area (Å²) >= 11 is 0. The maximum Gasteiger partial charge on any atom is 0.490 e. The third kappa shape index (κ3) is 9.97. The van der Waals surface area contributed by atoms with Gasteiger partial charge in [0.1, 0.15) is 12.1 Å². The molecule has 0 bridgehead atoms. The zero-order valence-electron chi connectivity index (χ0n) is 19.9. The third-order valence-corrected chi connectivity index (χ3v) is 5.85. The van der Waals surface area contributed by atoms with Crippen molar-refractivity contribution < 1.29 is 57.2 Å². The molecule has 0 radical (unpaired) electrons. The minimum absolute atomic E-state index is 0.170. The fourth-order valence-corrected chi connectivity index (χ4v) is 3.99. The molecule has 2 heterocycles. The van der Waals surface area contributed by atoms with Gasteiger partial charge in [0.2, 0.25) is 11.8 Å². The standard InChI is InChI=1S/C19H31N3O7.C2HF3O2/c1-29-13-12-20(10-6-16(23)21-8-2-4-14(21)18(25)26)11-7-17(24)22-9-3-5-15(22)19(27)28;3-2(4,5)1(6)7/h14-15H,2-13H2,1H3,(H,25,26)(H,27,28);(H,6,7)/t14-,15-;/m1./s1. The van der Waals surface area contributed by atoms with Gasteiger partial charge in [0.05, 0.1) is 6.61 Å². The molecular weight excluding hydrogens is 495 g/mol. The largest absolute Gasteiger partial charge is 0.490 e. The van der Waals surface area contributed by atoms with Crippen LogP contribution in [-0.4, -0.2) is 124 Å². The van der Waals surface area contributed by atoms with Crippen LogP contribution in [0.1, 0.15) is 38.5 Å². The van der Waals surface area contributed by atoms with Crippen LogP contribution < -0.4 is 0 Å². The van der Waals surface area contributed by atoms with Gasteiger partial charge in [0.25, 0.3) is 0 Å². The molecule has 0 aromatic heterocycles. The Morgan fingerprint density at radius 1 is 0.833 bits per heavy atom. The number of carboxylic acid groups (broad SMARTS) is 3. The molecular formula is C21H32F3N3O9. The number of carboxylic acids is 3. The normalized spacial score (nSPS) is 19.7. The molecule has 0 aromatic rings. The van der Waals surface area contributed by atoms with Crippen LogP contribution in [0.4, 0.5) is 13.2 Å². The minimum atomic E-state index is -5.08. The van der Waals surface area contributed by atoms with Gasteiger partial charge in [-0.3, -0.25) is 9.59 Å². The van der Waals surface area contributed by atoms with E-state index in [4.69, 9.17) is 14.6 Å². The lowest BCUT2D eigenvalue weighted by Gasteiger charge is -2.26. The van der Waals surface area contributed by atoms with E-state index < -0.39 is 36.2 Å². The van der Waals surface area contributed by atoms with E-state index in [0.717, 1.165) is 0 Å². The van der Waals surface area contributed by atoms with E-state index >= 15 is 0 Å². The fourth-order valence-electron chi connectivity index (χ4n) is 3.99. The molecule has 0 saturated carbocycles. The fraction of sp³-hybridized carbons (Fsp3) is 0.762. The molecule has 0 unspecified atom stereocenters. The van der Waals surface area contributed by atoms with E-state index in [2.05, 4.69) is 0 Å². The molecule has 2 aliphatic heterocycles. The molecule has 0 aliphatic carbocycles. The van der Waals surface area contributed by atoms with Crippen molar-refractivity contribution >= 4 is 29.7 Å². The molecule has 15 heteroatoms. The molecule has 2 aliphatic rings. The number of nitrogens with zero attached hydrogens (tertiary/aromatic N) is 3. The van der Waals surface area contributed by atoms with E-state index in [1.807, 2.05) is 4.90 Å². The summed E-state index contributed by atoms with van der Waals surface area (Å²) in [6.45, 7) is 2.66. The maximum atomic E-state index is 12.5. The zero-order chi connectivity index (χ0) is 27.5. The van der Waals surface area contributed by atoms with Crippen LogP contribution in [0.2, 0.25) is 0 Å². The van der Waals surface area contributed by atoms with E-state index in [1.54, 1.807) is 7.11 Å². The summed E-state index contributed by atoms with van der Waals surface area (Å²) < 4.78 is 36.8. The Morgan fingerprint density at radius 3 is 1.53 bits per heavy atom. The van der Waals surface area contributed by atoms with E-state index in [9.17, 15) is 42.6 Å². The van der Waals surface area contributed by atoms with Crippen molar-refractivity contribution in [3.63, 3.8) is 0 Å². The SMILES string of the molecule is COCCN(CCC(=O)N1CCC[C@@H]1C(=O)O)CCC(=O)N1CCC[C@@H]1C(=O)O.O=C(O)C(F)(F)F. The monoisotopic (exact) mass is 527 g/mol. The summed E-state index contributed by atoms with van der Waals surface area (Å²) in [5, 5.41) is 25.6. The van der Waals surface area contributed by atoms with Gasteiger partial charge in [-0.2, -0.15) is 13.2 Å². The average molecular weight is 527 g/mol. The Morgan fingerprint density at radius 2 is 1.22 bits per heavy atom. The van der Waals surface area contributed by atoms with Gasteiger partial charge >= 0.3 is 24.1 Å². The highest BCUT2D eigenvalue weighted by Crippen LogP contribution is 2.20. The highest BCUT2D eigenvalue weighted by atomic mass is 19.4. The van der Waals surface area contributed by atoms with Crippen molar-refractivity contribution in [2.75, 3.05) is 46.4 Å². The summed E-state index contributed by atoms with van der Waals surface area (Å²) in [4.78, 5) is 61.1. The lowest BCUT2D eigenvalue weighted by atomic mass is 10.2. The Kier molecular flexibility index (Phi) is 12.6. The lowest BCUT2D eigenvalue weighted by molar-refractivity contribution is -0.192.